The minimum Gasteiger partial charge on any atom is -0.385 e. The zero-order valence-electron chi connectivity index (χ0n) is 8.70. The molecule has 1 aliphatic heterocycles. The van der Waals surface area contributed by atoms with Crippen LogP contribution in [0, 0.1) is 6.92 Å². The van der Waals surface area contributed by atoms with Crippen molar-refractivity contribution in [2.24, 2.45) is 5.73 Å². The van der Waals surface area contributed by atoms with E-state index >= 15 is 0 Å². The van der Waals surface area contributed by atoms with E-state index in [0.29, 0.717) is 0 Å². The van der Waals surface area contributed by atoms with Crippen LogP contribution < -0.4 is 5.73 Å². The summed E-state index contributed by atoms with van der Waals surface area (Å²) >= 11 is 0. The number of aliphatic hydroxyl groups excluding tert-OH is 1. The Bertz CT molecular complexity index is 345. The molecule has 0 radical (unpaired) electrons. The Morgan fingerprint density at radius 1 is 1.64 bits per heavy atom. The Morgan fingerprint density at radius 3 is 3.00 bits per heavy atom. The van der Waals surface area contributed by atoms with Crippen molar-refractivity contribution < 1.29 is 5.11 Å². The van der Waals surface area contributed by atoms with E-state index < -0.39 is 6.10 Å². The van der Waals surface area contributed by atoms with Crippen molar-refractivity contribution in [2.45, 2.75) is 45.4 Å². The van der Waals surface area contributed by atoms with Crippen molar-refractivity contribution in [3.05, 3.63) is 17.0 Å². The van der Waals surface area contributed by atoms with Crippen molar-refractivity contribution in [1.82, 2.24) is 9.78 Å². The van der Waals surface area contributed by atoms with Crippen LogP contribution in [0.3, 0.4) is 0 Å². The summed E-state index contributed by atoms with van der Waals surface area (Å²) in [5.41, 5.74) is 8.92. The van der Waals surface area contributed by atoms with E-state index in [1.807, 2.05) is 11.6 Å². The third kappa shape index (κ3) is 1.26. The number of nitrogens with two attached hydrogens (primary N) is 1. The second kappa shape index (κ2) is 3.37. The smallest absolute Gasteiger partial charge is 0.111 e. The number of rotatable bonds is 1. The molecule has 4 heteroatoms. The second-order valence-corrected chi connectivity index (χ2v) is 3.93. The van der Waals surface area contributed by atoms with Crippen LogP contribution in [-0.4, -0.2) is 20.9 Å². The average Bonchev–Trinajstić information content (AvgIpc) is 2.50. The molecule has 2 rings (SSSR count). The summed E-state index contributed by atoms with van der Waals surface area (Å²) in [4.78, 5) is 0. The maximum atomic E-state index is 9.93. The molecule has 78 valence electrons. The van der Waals surface area contributed by atoms with Gasteiger partial charge in [-0.25, -0.2) is 0 Å². The zero-order valence-corrected chi connectivity index (χ0v) is 8.70. The molecule has 2 unspecified atom stereocenters. The molecule has 14 heavy (non-hydrogen) atoms. The molecule has 1 aromatic heterocycles. The Balaban J connectivity index is 2.48. The molecule has 0 amide bonds. The Hall–Kier alpha value is -0.870. The first-order chi connectivity index (χ1) is 6.65. The monoisotopic (exact) mass is 195 g/mol. The van der Waals surface area contributed by atoms with Gasteiger partial charge in [-0.3, -0.25) is 4.68 Å². The van der Waals surface area contributed by atoms with Crippen molar-refractivity contribution in [3.63, 3.8) is 0 Å². The second-order valence-electron chi connectivity index (χ2n) is 3.93. The first kappa shape index (κ1) is 9.68. The van der Waals surface area contributed by atoms with E-state index in [-0.39, 0.29) is 6.04 Å². The third-order valence-corrected chi connectivity index (χ3v) is 3.03. The molecular formula is C10H17N3O. The number of hydrogen-bond acceptors (Lipinski definition) is 3. The van der Waals surface area contributed by atoms with Crippen LogP contribution in [-0.2, 0) is 13.0 Å². The minimum atomic E-state index is -0.545. The number of fused-ring (bicyclic) bond motifs is 1. The summed E-state index contributed by atoms with van der Waals surface area (Å²) in [5, 5.41) is 14.4. The van der Waals surface area contributed by atoms with Gasteiger partial charge in [0.2, 0.25) is 0 Å². The highest BCUT2D eigenvalue weighted by Gasteiger charge is 2.29. The Kier molecular flexibility index (Phi) is 2.33. The van der Waals surface area contributed by atoms with Gasteiger partial charge in [0.1, 0.15) is 6.10 Å². The fourth-order valence-electron chi connectivity index (χ4n) is 2.13. The van der Waals surface area contributed by atoms with Crippen LogP contribution in [0.15, 0.2) is 0 Å². The molecule has 0 fully saturated rings. The molecular weight excluding hydrogens is 178 g/mol. The number of aromatic nitrogens is 2. The van der Waals surface area contributed by atoms with Gasteiger partial charge >= 0.3 is 0 Å². The topological polar surface area (TPSA) is 64.1 Å². The van der Waals surface area contributed by atoms with E-state index in [0.717, 1.165) is 36.3 Å². The van der Waals surface area contributed by atoms with Crippen molar-refractivity contribution in [2.75, 3.05) is 0 Å². The molecule has 3 N–H and O–H groups in total. The molecule has 2 heterocycles. The van der Waals surface area contributed by atoms with Gasteiger partial charge in [0.05, 0.1) is 11.4 Å². The SMILES string of the molecule is CCc1nn2c(c1C)C(O)C(N)CC2. The summed E-state index contributed by atoms with van der Waals surface area (Å²) in [6.07, 6.45) is 1.17. The first-order valence-corrected chi connectivity index (χ1v) is 5.15. The van der Waals surface area contributed by atoms with Crippen LogP contribution >= 0.6 is 0 Å². The average molecular weight is 195 g/mol. The highest BCUT2D eigenvalue weighted by Crippen LogP contribution is 2.28. The molecule has 1 aliphatic rings. The van der Waals surface area contributed by atoms with Crippen molar-refractivity contribution in [3.8, 4) is 0 Å². The highest BCUT2D eigenvalue weighted by molar-refractivity contribution is 5.28. The lowest BCUT2D eigenvalue weighted by molar-refractivity contribution is 0.112. The van der Waals surface area contributed by atoms with Gasteiger partial charge in [0, 0.05) is 12.6 Å². The number of aliphatic hydroxyl groups is 1. The molecule has 2 atom stereocenters. The lowest BCUT2D eigenvalue weighted by Gasteiger charge is -2.26. The fourth-order valence-corrected chi connectivity index (χ4v) is 2.13. The molecule has 0 saturated heterocycles. The van der Waals surface area contributed by atoms with Gasteiger partial charge in [0.15, 0.2) is 0 Å². The standard InChI is InChI=1S/C10H17N3O/c1-3-8-6(2)9-10(14)7(11)4-5-13(9)12-8/h7,10,14H,3-5,11H2,1-2H3. The van der Waals surface area contributed by atoms with Gasteiger partial charge < -0.3 is 10.8 Å². The summed E-state index contributed by atoms with van der Waals surface area (Å²) in [6, 6.07) is -0.136. The normalized spacial score (nSPS) is 26.3. The molecule has 0 aromatic carbocycles. The van der Waals surface area contributed by atoms with Crippen LogP contribution in [0.1, 0.15) is 36.4 Å². The molecule has 0 spiro atoms. The molecule has 0 bridgehead atoms. The van der Waals surface area contributed by atoms with Gasteiger partial charge in [0.25, 0.3) is 0 Å². The summed E-state index contributed by atoms with van der Waals surface area (Å²) in [5.74, 6) is 0. The zero-order chi connectivity index (χ0) is 10.3. The first-order valence-electron chi connectivity index (χ1n) is 5.15. The van der Waals surface area contributed by atoms with Crippen LogP contribution in [0.5, 0.6) is 0 Å². The molecule has 1 aromatic rings. The number of nitrogens with zero attached hydrogens (tertiary/aromatic N) is 2. The maximum Gasteiger partial charge on any atom is 0.111 e. The summed E-state index contributed by atoms with van der Waals surface area (Å²) < 4.78 is 1.90. The molecule has 4 nitrogen and oxygen atoms in total. The quantitative estimate of drug-likeness (QED) is 0.686. The predicted molar refractivity (Wildman–Crippen MR) is 53.9 cm³/mol. The number of hydrogen-bond donors (Lipinski definition) is 2. The minimum absolute atomic E-state index is 0.136. The Morgan fingerprint density at radius 2 is 2.36 bits per heavy atom. The fraction of sp³-hybridized carbons (Fsp3) is 0.700. The lowest BCUT2D eigenvalue weighted by Crippen LogP contribution is -2.35. The van der Waals surface area contributed by atoms with Crippen molar-refractivity contribution in [1.29, 1.82) is 0 Å². The van der Waals surface area contributed by atoms with Crippen LogP contribution in [0.4, 0.5) is 0 Å². The largest absolute Gasteiger partial charge is 0.385 e. The third-order valence-electron chi connectivity index (χ3n) is 3.03. The highest BCUT2D eigenvalue weighted by atomic mass is 16.3. The summed E-state index contributed by atoms with van der Waals surface area (Å²) in [6.45, 7) is 4.92. The van der Waals surface area contributed by atoms with Crippen LogP contribution in [0.2, 0.25) is 0 Å². The number of aryl methyl sites for hydroxylation is 2. The molecule has 0 aliphatic carbocycles. The van der Waals surface area contributed by atoms with Crippen molar-refractivity contribution >= 4 is 0 Å². The van der Waals surface area contributed by atoms with E-state index in [4.69, 9.17) is 5.73 Å². The van der Waals surface area contributed by atoms with E-state index in [1.54, 1.807) is 0 Å². The van der Waals surface area contributed by atoms with Crippen LogP contribution in [0.25, 0.3) is 0 Å². The Labute approximate surface area is 83.7 Å². The predicted octanol–water partition coefficient (Wildman–Crippen LogP) is 0.518. The van der Waals surface area contributed by atoms with Gasteiger partial charge in [-0.1, -0.05) is 6.92 Å². The van der Waals surface area contributed by atoms with Gasteiger partial charge in [-0.15, -0.1) is 0 Å². The van der Waals surface area contributed by atoms with Gasteiger partial charge in [-0.2, -0.15) is 5.10 Å². The summed E-state index contributed by atoms with van der Waals surface area (Å²) in [7, 11) is 0. The van der Waals surface area contributed by atoms with E-state index in [2.05, 4.69) is 12.0 Å². The van der Waals surface area contributed by atoms with Gasteiger partial charge in [-0.05, 0) is 25.3 Å². The molecule has 0 saturated carbocycles. The van der Waals surface area contributed by atoms with E-state index in [1.165, 1.54) is 0 Å². The van der Waals surface area contributed by atoms with E-state index in [9.17, 15) is 5.11 Å². The lowest BCUT2D eigenvalue weighted by atomic mass is 9.98. The maximum absolute atomic E-state index is 9.93.